The van der Waals surface area contributed by atoms with E-state index in [-0.39, 0.29) is 5.95 Å². The van der Waals surface area contributed by atoms with Crippen molar-refractivity contribution in [3.63, 3.8) is 0 Å². The molecule has 164 valence electrons. The number of hydrogen-bond acceptors (Lipinski definition) is 9. The van der Waals surface area contributed by atoms with Gasteiger partial charge in [0.2, 0.25) is 11.9 Å². The summed E-state index contributed by atoms with van der Waals surface area (Å²) in [6.45, 7) is 5.05. The molecule has 9 nitrogen and oxygen atoms in total. The Morgan fingerprint density at radius 1 is 1.00 bits per heavy atom. The van der Waals surface area contributed by atoms with Crippen LogP contribution in [0.25, 0.3) is 11.4 Å². The molecular formula is C22H25N9S. The van der Waals surface area contributed by atoms with Crippen molar-refractivity contribution in [2.24, 2.45) is 0 Å². The first-order valence-electron chi connectivity index (χ1n) is 10.5. The van der Waals surface area contributed by atoms with Crippen molar-refractivity contribution in [2.75, 3.05) is 11.1 Å². The van der Waals surface area contributed by atoms with Crippen LogP contribution in [0.5, 0.6) is 0 Å². The number of anilines is 3. The number of nitrogen functional groups attached to an aromatic ring is 1. The molecule has 4 rings (SSSR count). The molecule has 0 spiro atoms. The van der Waals surface area contributed by atoms with E-state index in [0.29, 0.717) is 17.5 Å². The van der Waals surface area contributed by atoms with Gasteiger partial charge in [-0.25, -0.2) is 0 Å². The lowest BCUT2D eigenvalue weighted by Gasteiger charge is -2.11. The number of hydrogen-bond donors (Lipinski definition) is 2. The monoisotopic (exact) mass is 447 g/mol. The molecule has 0 aliphatic carbocycles. The SMILES string of the molecule is CCCn1c(SCc2nc(N)nc(Nc3ccccc3CC)n2)nnc1-c1ccncc1. The summed E-state index contributed by atoms with van der Waals surface area (Å²) in [5.74, 6) is 2.51. The molecule has 3 aromatic heterocycles. The lowest BCUT2D eigenvalue weighted by molar-refractivity contribution is 0.626. The summed E-state index contributed by atoms with van der Waals surface area (Å²) in [5.41, 5.74) is 9.09. The molecule has 3 heterocycles. The van der Waals surface area contributed by atoms with E-state index in [1.807, 2.05) is 30.3 Å². The summed E-state index contributed by atoms with van der Waals surface area (Å²) in [6, 6.07) is 11.9. The average Bonchev–Trinajstić information content (AvgIpc) is 3.21. The summed E-state index contributed by atoms with van der Waals surface area (Å²) in [7, 11) is 0. The summed E-state index contributed by atoms with van der Waals surface area (Å²) in [5, 5.41) is 12.9. The van der Waals surface area contributed by atoms with Crippen LogP contribution in [0.1, 0.15) is 31.7 Å². The predicted molar refractivity (Wildman–Crippen MR) is 126 cm³/mol. The van der Waals surface area contributed by atoms with Gasteiger partial charge in [0.25, 0.3) is 0 Å². The Balaban J connectivity index is 1.54. The fourth-order valence-electron chi connectivity index (χ4n) is 3.29. The number of benzene rings is 1. The third-order valence-electron chi connectivity index (χ3n) is 4.78. The maximum Gasteiger partial charge on any atom is 0.232 e. The van der Waals surface area contributed by atoms with Crippen molar-refractivity contribution < 1.29 is 0 Å². The van der Waals surface area contributed by atoms with Gasteiger partial charge in [-0.2, -0.15) is 15.0 Å². The lowest BCUT2D eigenvalue weighted by atomic mass is 10.1. The first-order valence-corrected chi connectivity index (χ1v) is 11.5. The zero-order chi connectivity index (χ0) is 22.3. The van der Waals surface area contributed by atoms with Crippen molar-refractivity contribution in [1.82, 2.24) is 34.7 Å². The van der Waals surface area contributed by atoms with Gasteiger partial charge in [-0.05, 0) is 36.6 Å². The minimum Gasteiger partial charge on any atom is -0.368 e. The zero-order valence-electron chi connectivity index (χ0n) is 18.1. The molecule has 0 atom stereocenters. The second kappa shape index (κ2) is 10.2. The summed E-state index contributed by atoms with van der Waals surface area (Å²) in [6.07, 6.45) is 5.38. The number of pyridine rings is 1. The van der Waals surface area contributed by atoms with Crippen LogP contribution in [0.3, 0.4) is 0 Å². The summed E-state index contributed by atoms with van der Waals surface area (Å²) < 4.78 is 2.11. The molecule has 1 aromatic carbocycles. The summed E-state index contributed by atoms with van der Waals surface area (Å²) in [4.78, 5) is 17.2. The van der Waals surface area contributed by atoms with E-state index in [1.165, 1.54) is 17.3 Å². The smallest absolute Gasteiger partial charge is 0.232 e. The fraction of sp³-hybridized carbons (Fsp3) is 0.273. The van der Waals surface area contributed by atoms with Gasteiger partial charge in [-0.15, -0.1) is 10.2 Å². The standard InChI is InChI=1S/C22H25N9S/c1-3-13-31-19(16-9-11-24-12-10-16)29-30-22(31)32-14-18-26-20(23)28-21(27-18)25-17-8-6-5-7-15(17)4-2/h5-12H,3-4,13-14H2,1-2H3,(H3,23,25,26,27,28). The second-order valence-corrected chi connectivity index (χ2v) is 7.99. The molecular weight excluding hydrogens is 422 g/mol. The number of thioether (sulfide) groups is 1. The highest BCUT2D eigenvalue weighted by Gasteiger charge is 2.15. The maximum absolute atomic E-state index is 5.96. The molecule has 0 unspecified atom stereocenters. The van der Waals surface area contributed by atoms with Crippen LogP contribution in [0.2, 0.25) is 0 Å². The van der Waals surface area contributed by atoms with E-state index in [1.54, 1.807) is 12.4 Å². The van der Waals surface area contributed by atoms with E-state index in [9.17, 15) is 0 Å². The third kappa shape index (κ3) is 5.02. The van der Waals surface area contributed by atoms with Crippen molar-refractivity contribution in [3.8, 4) is 11.4 Å². The minimum absolute atomic E-state index is 0.180. The highest BCUT2D eigenvalue weighted by Crippen LogP contribution is 2.26. The van der Waals surface area contributed by atoms with Crippen LogP contribution >= 0.6 is 11.8 Å². The van der Waals surface area contributed by atoms with Crippen LogP contribution in [0.4, 0.5) is 17.6 Å². The van der Waals surface area contributed by atoms with Crippen molar-refractivity contribution >= 4 is 29.3 Å². The maximum atomic E-state index is 5.96. The van der Waals surface area contributed by atoms with E-state index in [2.05, 4.69) is 59.9 Å². The first-order chi connectivity index (χ1) is 15.7. The quantitative estimate of drug-likeness (QED) is 0.365. The Kier molecular flexibility index (Phi) is 6.90. The average molecular weight is 448 g/mol. The van der Waals surface area contributed by atoms with E-state index < -0.39 is 0 Å². The van der Waals surface area contributed by atoms with Crippen LogP contribution in [0.15, 0.2) is 53.9 Å². The number of nitrogens with two attached hydrogens (primary N) is 1. The van der Waals surface area contributed by atoms with E-state index in [0.717, 1.165) is 41.6 Å². The van der Waals surface area contributed by atoms with Gasteiger partial charge in [0.15, 0.2) is 11.0 Å². The predicted octanol–water partition coefficient (Wildman–Crippen LogP) is 4.12. The molecule has 0 radical (unpaired) electrons. The molecule has 32 heavy (non-hydrogen) atoms. The Labute approximate surface area is 191 Å². The minimum atomic E-state index is 0.180. The number of para-hydroxylation sites is 1. The molecule has 3 N–H and O–H groups in total. The molecule has 0 aliphatic rings. The van der Waals surface area contributed by atoms with Crippen molar-refractivity contribution in [3.05, 3.63) is 60.2 Å². The van der Waals surface area contributed by atoms with Crippen molar-refractivity contribution in [2.45, 2.75) is 44.1 Å². The van der Waals surface area contributed by atoms with Gasteiger partial charge >= 0.3 is 0 Å². The van der Waals surface area contributed by atoms with Crippen LogP contribution in [-0.4, -0.2) is 34.7 Å². The molecule has 0 bridgehead atoms. The Morgan fingerprint density at radius 2 is 1.81 bits per heavy atom. The van der Waals surface area contributed by atoms with Gasteiger partial charge < -0.3 is 15.6 Å². The molecule has 4 aromatic rings. The zero-order valence-corrected chi connectivity index (χ0v) is 18.9. The molecule has 0 amide bonds. The number of aromatic nitrogens is 7. The number of nitrogens with zero attached hydrogens (tertiary/aromatic N) is 7. The van der Waals surface area contributed by atoms with Crippen LogP contribution in [0, 0.1) is 0 Å². The number of nitrogens with one attached hydrogen (secondary N) is 1. The van der Waals surface area contributed by atoms with Gasteiger partial charge in [0.05, 0.1) is 5.75 Å². The largest absolute Gasteiger partial charge is 0.368 e. The summed E-state index contributed by atoms with van der Waals surface area (Å²) >= 11 is 1.52. The second-order valence-electron chi connectivity index (χ2n) is 7.05. The van der Waals surface area contributed by atoms with Crippen LogP contribution < -0.4 is 11.1 Å². The molecule has 0 saturated heterocycles. The van der Waals surface area contributed by atoms with Crippen LogP contribution in [-0.2, 0) is 18.7 Å². The van der Waals surface area contributed by atoms with E-state index in [4.69, 9.17) is 5.73 Å². The number of rotatable bonds is 9. The van der Waals surface area contributed by atoms with Gasteiger partial charge in [-0.1, -0.05) is 43.8 Å². The van der Waals surface area contributed by atoms with E-state index >= 15 is 0 Å². The normalized spacial score (nSPS) is 10.9. The Morgan fingerprint density at radius 3 is 2.59 bits per heavy atom. The Hall–Kier alpha value is -3.53. The fourth-order valence-corrected chi connectivity index (χ4v) is 4.11. The highest BCUT2D eigenvalue weighted by atomic mass is 32.2. The highest BCUT2D eigenvalue weighted by molar-refractivity contribution is 7.98. The first kappa shape index (κ1) is 21.7. The molecule has 0 aliphatic heterocycles. The molecule has 0 saturated carbocycles. The topological polar surface area (TPSA) is 120 Å². The lowest BCUT2D eigenvalue weighted by Crippen LogP contribution is -2.08. The molecule has 0 fully saturated rings. The van der Waals surface area contributed by atoms with Gasteiger partial charge in [-0.3, -0.25) is 4.98 Å². The van der Waals surface area contributed by atoms with Gasteiger partial charge in [0, 0.05) is 30.2 Å². The van der Waals surface area contributed by atoms with Gasteiger partial charge in [0.1, 0.15) is 5.82 Å². The third-order valence-corrected chi connectivity index (χ3v) is 5.74. The molecule has 10 heteroatoms. The Bertz CT molecular complexity index is 1180. The number of aryl methyl sites for hydroxylation is 1. The van der Waals surface area contributed by atoms with Crippen molar-refractivity contribution in [1.29, 1.82) is 0 Å².